The lowest BCUT2D eigenvalue weighted by Gasteiger charge is -2.08. The standard InChI is InChI=1S/C36H21N3S/c1-2-8-22(9-3-1)24-14-15-25-21-37-36(38-29(25)20-24)39-30-13-7-6-12-27(30)34-31(39)18-17-28-33-26-11-5-4-10-23(26)16-19-32(33)40-35(28)34/h1-21H. The Morgan fingerprint density at radius 1 is 0.550 bits per heavy atom. The Balaban J connectivity index is 1.35. The minimum Gasteiger partial charge on any atom is -0.278 e. The van der Waals surface area contributed by atoms with Crippen LogP contribution in [0.15, 0.2) is 128 Å². The number of thiophene rings is 1. The van der Waals surface area contributed by atoms with Gasteiger partial charge in [-0.3, -0.25) is 4.57 Å². The van der Waals surface area contributed by atoms with E-state index in [0.717, 1.165) is 27.5 Å². The maximum absolute atomic E-state index is 5.12. The average Bonchev–Trinajstić information content (AvgIpc) is 3.57. The van der Waals surface area contributed by atoms with Gasteiger partial charge in [0.15, 0.2) is 0 Å². The van der Waals surface area contributed by atoms with Gasteiger partial charge in [-0.15, -0.1) is 11.3 Å². The van der Waals surface area contributed by atoms with E-state index in [9.17, 15) is 0 Å². The molecule has 0 N–H and O–H groups in total. The Kier molecular flexibility index (Phi) is 4.48. The first-order chi connectivity index (χ1) is 19.8. The zero-order valence-electron chi connectivity index (χ0n) is 21.4. The Hall–Kier alpha value is -5.06. The highest BCUT2D eigenvalue weighted by molar-refractivity contribution is 7.27. The Bertz CT molecular complexity index is 2430. The molecule has 0 amide bonds. The van der Waals surface area contributed by atoms with E-state index in [2.05, 4.69) is 120 Å². The predicted octanol–water partition coefficient (Wildman–Crippen LogP) is 9.91. The smallest absolute Gasteiger partial charge is 0.235 e. The van der Waals surface area contributed by atoms with Crippen molar-refractivity contribution in [2.75, 3.05) is 0 Å². The van der Waals surface area contributed by atoms with Crippen LogP contribution in [0.5, 0.6) is 0 Å². The fourth-order valence-electron chi connectivity index (χ4n) is 6.20. The normalized spacial score (nSPS) is 12.0. The van der Waals surface area contributed by atoms with Crippen molar-refractivity contribution >= 4 is 75.0 Å². The monoisotopic (exact) mass is 527 g/mol. The van der Waals surface area contributed by atoms with Crippen molar-refractivity contribution < 1.29 is 0 Å². The van der Waals surface area contributed by atoms with Crippen molar-refractivity contribution in [1.29, 1.82) is 0 Å². The maximum Gasteiger partial charge on any atom is 0.235 e. The lowest BCUT2D eigenvalue weighted by Crippen LogP contribution is -2.01. The summed E-state index contributed by atoms with van der Waals surface area (Å²) in [5.41, 5.74) is 5.51. The van der Waals surface area contributed by atoms with Crippen molar-refractivity contribution in [3.63, 3.8) is 0 Å². The van der Waals surface area contributed by atoms with E-state index >= 15 is 0 Å². The molecule has 0 saturated heterocycles. The molecule has 40 heavy (non-hydrogen) atoms. The van der Waals surface area contributed by atoms with Gasteiger partial charge in [0.05, 0.1) is 16.6 Å². The van der Waals surface area contributed by atoms with E-state index in [4.69, 9.17) is 9.97 Å². The second-order valence-corrected chi connectivity index (χ2v) is 11.3. The minimum absolute atomic E-state index is 0.690. The highest BCUT2D eigenvalue weighted by Crippen LogP contribution is 2.45. The van der Waals surface area contributed by atoms with Gasteiger partial charge in [-0.2, -0.15) is 0 Å². The first-order valence-electron chi connectivity index (χ1n) is 13.4. The molecule has 3 nitrogen and oxygen atoms in total. The molecule has 186 valence electrons. The number of para-hydroxylation sites is 1. The molecule has 0 unspecified atom stereocenters. The minimum atomic E-state index is 0.690. The fourth-order valence-corrected chi connectivity index (χ4v) is 7.48. The van der Waals surface area contributed by atoms with Crippen LogP contribution < -0.4 is 0 Å². The van der Waals surface area contributed by atoms with Crippen molar-refractivity contribution in [2.24, 2.45) is 0 Å². The number of hydrogen-bond donors (Lipinski definition) is 0. The molecule has 0 aliphatic rings. The molecule has 0 bridgehead atoms. The van der Waals surface area contributed by atoms with E-state index < -0.39 is 0 Å². The summed E-state index contributed by atoms with van der Waals surface area (Å²) in [5, 5.41) is 8.74. The molecule has 0 fully saturated rings. The van der Waals surface area contributed by atoms with Crippen LogP contribution in [0.25, 0.3) is 80.7 Å². The van der Waals surface area contributed by atoms with E-state index in [1.54, 1.807) is 0 Å². The predicted molar refractivity (Wildman–Crippen MR) is 170 cm³/mol. The van der Waals surface area contributed by atoms with Crippen LogP contribution in [0.4, 0.5) is 0 Å². The molecule has 4 heteroatoms. The lowest BCUT2D eigenvalue weighted by molar-refractivity contribution is 1.01. The molecule has 0 atom stereocenters. The third kappa shape index (κ3) is 3.05. The number of benzene rings is 6. The first kappa shape index (κ1) is 21.8. The van der Waals surface area contributed by atoms with Gasteiger partial charge < -0.3 is 0 Å². The van der Waals surface area contributed by atoms with Gasteiger partial charge in [0.25, 0.3) is 0 Å². The molecule has 0 saturated carbocycles. The summed E-state index contributed by atoms with van der Waals surface area (Å²) < 4.78 is 4.85. The summed E-state index contributed by atoms with van der Waals surface area (Å²) >= 11 is 1.88. The lowest BCUT2D eigenvalue weighted by atomic mass is 10.0. The Morgan fingerprint density at radius 3 is 2.27 bits per heavy atom. The van der Waals surface area contributed by atoms with Gasteiger partial charge in [-0.1, -0.05) is 97.1 Å². The molecule has 9 aromatic rings. The van der Waals surface area contributed by atoms with Crippen LogP contribution in [-0.2, 0) is 0 Å². The van der Waals surface area contributed by atoms with Gasteiger partial charge >= 0.3 is 0 Å². The van der Waals surface area contributed by atoms with Gasteiger partial charge in [-0.05, 0) is 46.2 Å². The topological polar surface area (TPSA) is 30.7 Å². The van der Waals surface area contributed by atoms with Gasteiger partial charge in [0, 0.05) is 42.5 Å². The third-order valence-corrected chi connectivity index (χ3v) is 9.23. The van der Waals surface area contributed by atoms with Crippen LogP contribution in [0.1, 0.15) is 0 Å². The zero-order valence-corrected chi connectivity index (χ0v) is 22.2. The number of fused-ring (bicyclic) bond motifs is 10. The van der Waals surface area contributed by atoms with E-state index in [-0.39, 0.29) is 0 Å². The number of nitrogens with zero attached hydrogens (tertiary/aromatic N) is 3. The van der Waals surface area contributed by atoms with Gasteiger partial charge in [-0.25, -0.2) is 9.97 Å². The maximum atomic E-state index is 5.12. The highest BCUT2D eigenvalue weighted by Gasteiger charge is 2.19. The van der Waals surface area contributed by atoms with Crippen LogP contribution >= 0.6 is 11.3 Å². The van der Waals surface area contributed by atoms with E-state index in [1.807, 2.05) is 23.6 Å². The van der Waals surface area contributed by atoms with Gasteiger partial charge in [0.2, 0.25) is 5.95 Å². The summed E-state index contributed by atoms with van der Waals surface area (Å²) in [6.07, 6.45) is 1.94. The third-order valence-electron chi connectivity index (χ3n) is 8.04. The molecule has 0 aliphatic heterocycles. The van der Waals surface area contributed by atoms with Crippen molar-refractivity contribution in [2.45, 2.75) is 0 Å². The Morgan fingerprint density at radius 2 is 1.35 bits per heavy atom. The van der Waals surface area contributed by atoms with Crippen LogP contribution in [-0.4, -0.2) is 14.5 Å². The summed E-state index contributed by atoms with van der Waals surface area (Å²) in [4.78, 5) is 9.99. The Labute approximate surface area is 233 Å². The van der Waals surface area contributed by atoms with Crippen LogP contribution in [0, 0.1) is 0 Å². The first-order valence-corrected chi connectivity index (χ1v) is 14.2. The molecule has 3 aromatic heterocycles. The average molecular weight is 528 g/mol. The zero-order chi connectivity index (χ0) is 26.2. The number of aromatic nitrogens is 3. The van der Waals surface area contributed by atoms with Crippen molar-refractivity contribution in [1.82, 2.24) is 14.5 Å². The quantitative estimate of drug-likeness (QED) is 0.224. The number of rotatable bonds is 2. The molecule has 3 heterocycles. The summed E-state index contributed by atoms with van der Waals surface area (Å²) in [7, 11) is 0. The molecule has 6 aromatic carbocycles. The van der Waals surface area contributed by atoms with E-state index in [0.29, 0.717) is 5.95 Å². The van der Waals surface area contributed by atoms with E-state index in [1.165, 1.54) is 47.3 Å². The van der Waals surface area contributed by atoms with Crippen molar-refractivity contribution in [3.05, 3.63) is 128 Å². The summed E-state index contributed by atoms with van der Waals surface area (Å²) in [6, 6.07) is 43.2. The largest absolute Gasteiger partial charge is 0.278 e. The summed E-state index contributed by atoms with van der Waals surface area (Å²) in [5.74, 6) is 0.690. The second-order valence-electron chi connectivity index (χ2n) is 10.3. The second kappa shape index (κ2) is 8.22. The molecule has 0 aliphatic carbocycles. The molecule has 0 radical (unpaired) electrons. The fraction of sp³-hybridized carbons (Fsp3) is 0. The summed E-state index contributed by atoms with van der Waals surface area (Å²) in [6.45, 7) is 0. The van der Waals surface area contributed by atoms with Crippen LogP contribution in [0.2, 0.25) is 0 Å². The SMILES string of the molecule is c1ccc(-c2ccc3cnc(-n4c5ccccc5c5c6sc7ccc8ccccc8c7c6ccc54)nc3c2)cc1. The van der Waals surface area contributed by atoms with Crippen LogP contribution in [0.3, 0.4) is 0 Å². The van der Waals surface area contributed by atoms with Gasteiger partial charge in [0.1, 0.15) is 0 Å². The molecule has 9 rings (SSSR count). The molecule has 0 spiro atoms. The van der Waals surface area contributed by atoms with Crippen molar-refractivity contribution in [3.8, 4) is 17.1 Å². The highest BCUT2D eigenvalue weighted by atomic mass is 32.1. The molecular formula is C36H21N3S. The molecular weight excluding hydrogens is 506 g/mol. The number of hydrogen-bond acceptors (Lipinski definition) is 3.